The SMILES string of the molecule is CC1OC(OC2C(OC3C(OC4CC[C@@]5(C)C(CC[C@@]6(C)C7C(=CCC56)C5CC(C)(C)C[C@@H](O)[C@]5(C)C[C@@H]7C)[C@@]4(C)CO)OC(C(=O)O)C(O)C3O)OC(CO)C(O)C2O)C(O)C(O)C1O. The Hall–Kier alpha value is -1.43. The molecule has 7 fully saturated rings. The van der Waals surface area contributed by atoms with Crippen molar-refractivity contribution < 1.29 is 89.4 Å². The van der Waals surface area contributed by atoms with E-state index in [1.54, 1.807) is 0 Å². The van der Waals surface area contributed by atoms with Crippen LogP contribution in [0.5, 0.6) is 0 Å². The maximum Gasteiger partial charge on any atom is 0.335 e. The summed E-state index contributed by atoms with van der Waals surface area (Å²) in [4.78, 5) is 12.5. The first kappa shape index (κ1) is 50.9. The van der Waals surface area contributed by atoms with Gasteiger partial charge in [-0.05, 0) is 104 Å². The zero-order valence-electron chi connectivity index (χ0n) is 39.6. The van der Waals surface area contributed by atoms with E-state index in [1.807, 2.05) is 6.92 Å². The molecule has 0 bridgehead atoms. The fourth-order valence-electron chi connectivity index (χ4n) is 15.5. The average molecular weight is 943 g/mol. The van der Waals surface area contributed by atoms with Gasteiger partial charge < -0.3 is 84.6 Å². The summed E-state index contributed by atoms with van der Waals surface area (Å²) in [5.41, 5.74) is 0.114. The number of allylic oxidation sites excluding steroid dienone is 2. The molecule has 0 spiro atoms. The van der Waals surface area contributed by atoms with Gasteiger partial charge in [-0.2, -0.15) is 0 Å². The van der Waals surface area contributed by atoms with Crippen LogP contribution in [0.25, 0.3) is 0 Å². The molecule has 18 nitrogen and oxygen atoms in total. The predicted octanol–water partition coefficient (Wildman–Crippen LogP) is 0.561. The minimum Gasteiger partial charge on any atom is -0.479 e. The normalized spacial score (nSPS) is 55.9. The highest BCUT2D eigenvalue weighted by Crippen LogP contribution is 2.73. The molecule has 0 amide bonds. The lowest BCUT2D eigenvalue weighted by atomic mass is 9.36. The van der Waals surface area contributed by atoms with Gasteiger partial charge in [0.2, 0.25) is 0 Å². The molecule has 4 saturated carbocycles. The fraction of sp³-hybridized carbons (Fsp3) is 0.938. The zero-order chi connectivity index (χ0) is 48.4. The summed E-state index contributed by atoms with van der Waals surface area (Å²) >= 11 is 0. The summed E-state index contributed by atoms with van der Waals surface area (Å²) in [6, 6.07) is 0. The van der Waals surface area contributed by atoms with Gasteiger partial charge in [0.15, 0.2) is 25.0 Å². The zero-order valence-corrected chi connectivity index (χ0v) is 39.6. The lowest BCUT2D eigenvalue weighted by Crippen LogP contribution is -2.68. The molecule has 0 aromatic rings. The first-order valence-electron chi connectivity index (χ1n) is 24.3. The molecule has 18 heteroatoms. The molecule has 66 heavy (non-hydrogen) atoms. The van der Waals surface area contributed by atoms with Crippen molar-refractivity contribution in [1.82, 2.24) is 0 Å². The van der Waals surface area contributed by atoms with Gasteiger partial charge in [0, 0.05) is 10.8 Å². The van der Waals surface area contributed by atoms with E-state index in [1.165, 1.54) is 12.5 Å². The smallest absolute Gasteiger partial charge is 0.335 e. The largest absolute Gasteiger partial charge is 0.479 e. The summed E-state index contributed by atoms with van der Waals surface area (Å²) in [7, 11) is 0. The molecule has 8 rings (SSSR count). The van der Waals surface area contributed by atoms with E-state index in [0.29, 0.717) is 30.6 Å². The molecular formula is C48H78O18. The highest BCUT2D eigenvalue weighted by atomic mass is 16.8. The number of carbonyl (C=O) groups is 1. The van der Waals surface area contributed by atoms with Gasteiger partial charge in [-0.3, -0.25) is 0 Å². The van der Waals surface area contributed by atoms with Crippen LogP contribution in [0.1, 0.15) is 107 Å². The average Bonchev–Trinajstić information content (AvgIpc) is 3.25. The van der Waals surface area contributed by atoms with Crippen molar-refractivity contribution >= 4 is 5.97 Å². The van der Waals surface area contributed by atoms with Gasteiger partial charge in [0.1, 0.15) is 61.0 Å². The number of carboxylic acid groups (broad SMARTS) is 1. The van der Waals surface area contributed by atoms with E-state index in [-0.39, 0.29) is 46.2 Å². The van der Waals surface area contributed by atoms with Crippen LogP contribution in [0, 0.1) is 56.7 Å². The highest BCUT2D eigenvalue weighted by molar-refractivity contribution is 5.73. The molecule has 0 radical (unpaired) electrons. The van der Waals surface area contributed by atoms with Crippen LogP contribution in [-0.2, 0) is 33.2 Å². The first-order valence-corrected chi connectivity index (χ1v) is 24.3. The number of fused-ring (bicyclic) bond motifs is 7. The third kappa shape index (κ3) is 8.06. The molecule has 11 N–H and O–H groups in total. The minimum atomic E-state index is -2.07. The Kier molecular flexibility index (Phi) is 13.9. The van der Waals surface area contributed by atoms with Crippen LogP contribution in [0.2, 0.25) is 0 Å². The Labute approximate surface area is 387 Å². The van der Waals surface area contributed by atoms with Gasteiger partial charge in [-0.25, -0.2) is 4.79 Å². The number of hydrogen-bond acceptors (Lipinski definition) is 17. The van der Waals surface area contributed by atoms with E-state index in [9.17, 15) is 61.0 Å². The van der Waals surface area contributed by atoms with E-state index in [0.717, 1.165) is 38.5 Å². The number of hydrogen-bond donors (Lipinski definition) is 11. The molecule has 3 aliphatic heterocycles. The van der Waals surface area contributed by atoms with Gasteiger partial charge >= 0.3 is 5.97 Å². The molecule has 26 atom stereocenters. The summed E-state index contributed by atoms with van der Waals surface area (Å²) in [5, 5.41) is 120. The van der Waals surface area contributed by atoms with E-state index in [2.05, 4.69) is 47.6 Å². The van der Waals surface area contributed by atoms with E-state index in [4.69, 9.17) is 28.4 Å². The number of rotatable bonds is 9. The van der Waals surface area contributed by atoms with Crippen LogP contribution in [0.4, 0.5) is 0 Å². The Bertz CT molecular complexity index is 1800. The number of aliphatic carboxylic acids is 1. The Morgan fingerprint density at radius 2 is 1.29 bits per heavy atom. The second-order valence-corrected chi connectivity index (χ2v) is 23.6. The maximum atomic E-state index is 12.5. The number of aliphatic hydroxyl groups excluding tert-OH is 10. The van der Waals surface area contributed by atoms with Crippen molar-refractivity contribution in [3.8, 4) is 0 Å². The Morgan fingerprint density at radius 3 is 1.92 bits per heavy atom. The standard InChI is InChI=1S/C48H78O18/c1-20-15-47(7)23(16-44(3,4)17-27(47)51)22-9-10-25-45(5)14-12-28(48(8,19-50)26(45)11-13-46(25,6)29(20)22)63-43-39(35(57)34(56)37(64-43)40(59)60)66-42-38(33(55)31(53)24(18-49)62-42)65-41-36(58)32(54)30(52)21(2)61-41/h9,20-21,23-39,41-43,49-58H,10-19H2,1-8H3,(H,59,60)/t20-,21?,23?,24?,25?,26?,27+,28?,29?,30?,31?,32?,33?,34?,35?,36?,37?,38?,39?,41?,42?,43?,45+,46+,47+,48+/m0/s1. The monoisotopic (exact) mass is 943 g/mol. The van der Waals surface area contributed by atoms with Crippen LogP contribution < -0.4 is 0 Å². The van der Waals surface area contributed by atoms with Crippen LogP contribution in [-0.4, -0.2) is 180 Å². The quantitative estimate of drug-likeness (QED) is 0.111. The molecule has 3 saturated heterocycles. The fourth-order valence-corrected chi connectivity index (χ4v) is 15.5. The molecule has 8 aliphatic rings. The number of ether oxygens (including phenoxy) is 6. The maximum absolute atomic E-state index is 12.5. The molecule has 5 aliphatic carbocycles. The highest BCUT2D eigenvalue weighted by Gasteiger charge is 2.68. The molecule has 0 aromatic heterocycles. The van der Waals surface area contributed by atoms with Gasteiger partial charge in [-0.15, -0.1) is 0 Å². The third-order valence-electron chi connectivity index (χ3n) is 18.9. The number of aliphatic hydroxyl groups is 10. The summed E-state index contributed by atoms with van der Waals surface area (Å²) < 4.78 is 36.2. The lowest BCUT2D eigenvalue weighted by Gasteiger charge is -2.69. The van der Waals surface area contributed by atoms with Crippen molar-refractivity contribution in [1.29, 1.82) is 0 Å². The molecular weight excluding hydrogens is 865 g/mol. The van der Waals surface area contributed by atoms with Gasteiger partial charge in [0.25, 0.3) is 0 Å². The van der Waals surface area contributed by atoms with Crippen molar-refractivity contribution in [2.45, 2.75) is 211 Å². The topological polar surface area (TPSA) is 295 Å². The molecule has 20 unspecified atom stereocenters. The van der Waals surface area contributed by atoms with Gasteiger partial charge in [-0.1, -0.05) is 60.1 Å². The second kappa shape index (κ2) is 18.0. The van der Waals surface area contributed by atoms with Crippen LogP contribution >= 0.6 is 0 Å². The van der Waals surface area contributed by atoms with Crippen molar-refractivity contribution in [3.63, 3.8) is 0 Å². The summed E-state index contributed by atoms with van der Waals surface area (Å²) in [5.74, 6) is -0.425. The third-order valence-corrected chi connectivity index (χ3v) is 18.9. The Balaban J connectivity index is 1.07. The van der Waals surface area contributed by atoms with E-state index < -0.39 is 116 Å². The second-order valence-electron chi connectivity index (χ2n) is 23.6. The predicted molar refractivity (Wildman–Crippen MR) is 230 cm³/mol. The van der Waals surface area contributed by atoms with Crippen molar-refractivity contribution in [3.05, 3.63) is 11.6 Å². The first-order chi connectivity index (χ1) is 30.8. The molecule has 3 heterocycles. The number of carboxylic acids is 1. The summed E-state index contributed by atoms with van der Waals surface area (Å²) in [6.07, 6.45) is -18.5. The van der Waals surface area contributed by atoms with Crippen molar-refractivity contribution in [2.75, 3.05) is 13.2 Å². The molecule has 378 valence electrons. The van der Waals surface area contributed by atoms with E-state index >= 15 is 0 Å². The lowest BCUT2D eigenvalue weighted by molar-refractivity contribution is -0.396. The Morgan fingerprint density at radius 1 is 0.667 bits per heavy atom. The minimum absolute atomic E-state index is 0.0234. The van der Waals surface area contributed by atoms with Crippen molar-refractivity contribution in [2.24, 2.45) is 56.7 Å². The van der Waals surface area contributed by atoms with Crippen LogP contribution in [0.3, 0.4) is 0 Å². The van der Waals surface area contributed by atoms with Gasteiger partial charge in [0.05, 0.1) is 31.5 Å². The van der Waals surface area contributed by atoms with Crippen LogP contribution in [0.15, 0.2) is 11.6 Å². The summed E-state index contributed by atoms with van der Waals surface area (Å²) in [6.45, 7) is 16.2. The molecule has 0 aromatic carbocycles.